The lowest BCUT2D eigenvalue weighted by atomic mass is 10.1. The summed E-state index contributed by atoms with van der Waals surface area (Å²) in [7, 11) is 0. The third-order valence-corrected chi connectivity index (χ3v) is 4.56. The van der Waals surface area contributed by atoms with Crippen LogP contribution in [0.1, 0.15) is 51.0 Å². The van der Waals surface area contributed by atoms with Crippen molar-refractivity contribution in [3.05, 3.63) is 50.7 Å². The van der Waals surface area contributed by atoms with Crippen LogP contribution >= 0.6 is 11.3 Å². The van der Waals surface area contributed by atoms with Gasteiger partial charge in [-0.1, -0.05) is 43.2 Å². The van der Waals surface area contributed by atoms with Crippen molar-refractivity contribution in [2.24, 2.45) is 0 Å². The molecule has 2 rings (SSSR count). The lowest BCUT2D eigenvalue weighted by Crippen LogP contribution is -2.00. The molecule has 21 heavy (non-hydrogen) atoms. The number of ether oxygens (including phenoxy) is 1. The van der Waals surface area contributed by atoms with Crippen molar-refractivity contribution in [1.82, 2.24) is 0 Å². The second-order valence-electron chi connectivity index (χ2n) is 5.59. The van der Waals surface area contributed by atoms with Crippen LogP contribution in [0.25, 0.3) is 0 Å². The average molecular weight is 304 g/mol. The molecule has 0 saturated heterocycles. The number of benzene rings is 1. The maximum atomic E-state index is 11.3. The van der Waals surface area contributed by atoms with Crippen LogP contribution in [-0.4, -0.2) is 11.1 Å². The van der Waals surface area contributed by atoms with Gasteiger partial charge in [-0.05, 0) is 31.4 Å². The Morgan fingerprint density at radius 2 is 1.81 bits per heavy atom. The zero-order chi connectivity index (χ0) is 15.6. The van der Waals surface area contributed by atoms with E-state index in [4.69, 9.17) is 4.74 Å². The SMILES string of the molecule is Cc1cc(C)cc(COc2cc(C(C)C)sc2C(=O)O)c1. The van der Waals surface area contributed by atoms with E-state index in [9.17, 15) is 9.90 Å². The van der Waals surface area contributed by atoms with Gasteiger partial charge in [-0.25, -0.2) is 4.79 Å². The van der Waals surface area contributed by atoms with Gasteiger partial charge in [0, 0.05) is 4.88 Å². The fraction of sp³-hybridized carbons (Fsp3) is 0.353. The van der Waals surface area contributed by atoms with Gasteiger partial charge < -0.3 is 9.84 Å². The van der Waals surface area contributed by atoms with E-state index in [1.165, 1.54) is 22.5 Å². The normalized spacial score (nSPS) is 10.9. The molecule has 1 N–H and O–H groups in total. The first-order valence-electron chi connectivity index (χ1n) is 6.94. The summed E-state index contributed by atoms with van der Waals surface area (Å²) >= 11 is 1.29. The molecule has 0 aliphatic carbocycles. The van der Waals surface area contributed by atoms with E-state index in [-0.39, 0.29) is 4.88 Å². The number of aryl methyl sites for hydroxylation is 2. The smallest absolute Gasteiger partial charge is 0.349 e. The number of thiophene rings is 1. The predicted molar refractivity (Wildman–Crippen MR) is 85.6 cm³/mol. The molecule has 0 radical (unpaired) electrons. The minimum Gasteiger partial charge on any atom is -0.487 e. The molecule has 0 spiro atoms. The number of hydrogen-bond acceptors (Lipinski definition) is 3. The van der Waals surface area contributed by atoms with Crippen molar-refractivity contribution in [2.75, 3.05) is 0 Å². The van der Waals surface area contributed by atoms with Crippen molar-refractivity contribution in [2.45, 2.75) is 40.2 Å². The third kappa shape index (κ3) is 3.85. The Morgan fingerprint density at radius 1 is 1.19 bits per heavy atom. The largest absolute Gasteiger partial charge is 0.487 e. The second-order valence-corrected chi connectivity index (χ2v) is 6.67. The molecular formula is C17H20O3S. The Labute approximate surface area is 129 Å². The van der Waals surface area contributed by atoms with Gasteiger partial charge in [0.2, 0.25) is 0 Å². The molecule has 0 amide bonds. The Kier molecular flexibility index (Phi) is 4.68. The Hall–Kier alpha value is -1.81. The summed E-state index contributed by atoms with van der Waals surface area (Å²) in [6, 6.07) is 8.07. The number of hydrogen-bond donors (Lipinski definition) is 1. The number of aromatic carboxylic acids is 1. The van der Waals surface area contributed by atoms with E-state index in [1.54, 1.807) is 0 Å². The Morgan fingerprint density at radius 3 is 2.33 bits per heavy atom. The summed E-state index contributed by atoms with van der Waals surface area (Å²) in [5.41, 5.74) is 3.42. The predicted octanol–water partition coefficient (Wildman–Crippen LogP) is 4.77. The minimum atomic E-state index is -0.928. The van der Waals surface area contributed by atoms with Gasteiger partial charge in [0.25, 0.3) is 0 Å². The molecule has 0 bridgehead atoms. The van der Waals surface area contributed by atoms with E-state index in [0.717, 1.165) is 10.4 Å². The molecule has 0 saturated carbocycles. The number of carboxylic acids is 1. The van der Waals surface area contributed by atoms with E-state index in [1.807, 2.05) is 33.8 Å². The van der Waals surface area contributed by atoms with Crippen molar-refractivity contribution < 1.29 is 14.6 Å². The first kappa shape index (κ1) is 15.6. The van der Waals surface area contributed by atoms with E-state index in [2.05, 4.69) is 18.2 Å². The van der Waals surface area contributed by atoms with Gasteiger partial charge in [0.05, 0.1) is 0 Å². The van der Waals surface area contributed by atoms with Crippen LogP contribution in [0.15, 0.2) is 24.3 Å². The molecule has 1 aromatic heterocycles. The van der Waals surface area contributed by atoms with Gasteiger partial charge in [0.1, 0.15) is 12.4 Å². The van der Waals surface area contributed by atoms with E-state index >= 15 is 0 Å². The van der Waals surface area contributed by atoms with Gasteiger partial charge in [-0.2, -0.15) is 0 Å². The average Bonchev–Trinajstić information content (AvgIpc) is 2.79. The van der Waals surface area contributed by atoms with Crippen molar-refractivity contribution in [3.63, 3.8) is 0 Å². The molecule has 0 fully saturated rings. The Balaban J connectivity index is 2.20. The van der Waals surface area contributed by atoms with Crippen LogP contribution in [0.2, 0.25) is 0 Å². The minimum absolute atomic E-state index is 0.281. The van der Waals surface area contributed by atoms with Gasteiger partial charge in [-0.3, -0.25) is 0 Å². The quantitative estimate of drug-likeness (QED) is 0.865. The zero-order valence-electron chi connectivity index (χ0n) is 12.8. The van der Waals surface area contributed by atoms with Crippen molar-refractivity contribution >= 4 is 17.3 Å². The molecule has 112 valence electrons. The highest BCUT2D eigenvalue weighted by atomic mass is 32.1. The molecule has 0 unspecified atom stereocenters. The fourth-order valence-corrected chi connectivity index (χ4v) is 3.19. The third-order valence-electron chi connectivity index (χ3n) is 3.16. The number of carboxylic acid groups (broad SMARTS) is 1. The summed E-state index contributed by atoms with van der Waals surface area (Å²) in [4.78, 5) is 12.6. The van der Waals surface area contributed by atoms with E-state index < -0.39 is 5.97 Å². The van der Waals surface area contributed by atoms with Crippen molar-refractivity contribution in [1.29, 1.82) is 0 Å². The molecule has 4 heteroatoms. The standard InChI is InChI=1S/C17H20O3S/c1-10(2)15-8-14(16(21-15)17(18)19)20-9-13-6-11(3)5-12(4)7-13/h5-8,10H,9H2,1-4H3,(H,18,19). The summed E-state index contributed by atoms with van der Waals surface area (Å²) in [5.74, 6) is -0.163. The molecule has 0 atom stereocenters. The summed E-state index contributed by atoms with van der Waals surface area (Å²) < 4.78 is 5.75. The molecule has 1 aromatic carbocycles. The molecule has 2 aromatic rings. The van der Waals surface area contributed by atoms with Gasteiger partial charge >= 0.3 is 5.97 Å². The molecular weight excluding hydrogens is 284 g/mol. The highest BCUT2D eigenvalue weighted by molar-refractivity contribution is 7.14. The van der Waals surface area contributed by atoms with Gasteiger partial charge in [-0.15, -0.1) is 11.3 Å². The zero-order valence-corrected chi connectivity index (χ0v) is 13.6. The van der Waals surface area contributed by atoms with E-state index in [0.29, 0.717) is 18.3 Å². The molecule has 0 aliphatic heterocycles. The van der Waals surface area contributed by atoms with Crippen LogP contribution in [-0.2, 0) is 6.61 Å². The van der Waals surface area contributed by atoms with Gasteiger partial charge in [0.15, 0.2) is 4.88 Å². The van der Waals surface area contributed by atoms with Crippen LogP contribution in [0.5, 0.6) is 5.75 Å². The fourth-order valence-electron chi connectivity index (χ4n) is 2.25. The van der Waals surface area contributed by atoms with Crippen LogP contribution in [0.4, 0.5) is 0 Å². The van der Waals surface area contributed by atoms with Crippen LogP contribution in [0, 0.1) is 13.8 Å². The first-order chi connectivity index (χ1) is 9.86. The molecule has 1 heterocycles. The topological polar surface area (TPSA) is 46.5 Å². The maximum absolute atomic E-state index is 11.3. The highest BCUT2D eigenvalue weighted by Gasteiger charge is 2.18. The lowest BCUT2D eigenvalue weighted by Gasteiger charge is -2.07. The Bertz CT molecular complexity index is 636. The van der Waals surface area contributed by atoms with Crippen LogP contribution in [0.3, 0.4) is 0 Å². The maximum Gasteiger partial charge on any atom is 0.349 e. The first-order valence-corrected chi connectivity index (χ1v) is 7.75. The number of rotatable bonds is 5. The monoisotopic (exact) mass is 304 g/mol. The summed E-state index contributed by atoms with van der Waals surface area (Å²) in [5, 5.41) is 9.28. The summed E-state index contributed by atoms with van der Waals surface area (Å²) in [6.07, 6.45) is 0. The number of carbonyl (C=O) groups is 1. The lowest BCUT2D eigenvalue weighted by molar-refractivity contribution is 0.0697. The summed E-state index contributed by atoms with van der Waals surface area (Å²) in [6.45, 7) is 8.56. The highest BCUT2D eigenvalue weighted by Crippen LogP contribution is 2.34. The van der Waals surface area contributed by atoms with Crippen LogP contribution < -0.4 is 4.74 Å². The molecule has 3 nitrogen and oxygen atoms in total. The second kappa shape index (κ2) is 6.31. The molecule has 0 aliphatic rings. The van der Waals surface area contributed by atoms with Crippen molar-refractivity contribution in [3.8, 4) is 5.75 Å².